The maximum absolute atomic E-state index is 12.7. The third-order valence-electron chi connectivity index (χ3n) is 4.18. The zero-order valence-electron chi connectivity index (χ0n) is 15.2. The minimum absolute atomic E-state index is 0.186. The molecule has 0 radical (unpaired) electrons. The number of amides is 4. The Labute approximate surface area is 162 Å². The number of nitrogens with one attached hydrogen (secondary N) is 2. The van der Waals surface area contributed by atoms with E-state index in [9.17, 15) is 19.2 Å². The maximum atomic E-state index is 12.7. The molecule has 2 N–H and O–H groups in total. The number of nitrogens with zero attached hydrogens (tertiary/aromatic N) is 1. The summed E-state index contributed by atoms with van der Waals surface area (Å²) in [5.74, 6) is -1.33. The Balaban J connectivity index is 1.90. The number of benzene rings is 1. The highest BCUT2D eigenvalue weighted by atomic mass is 35.5. The van der Waals surface area contributed by atoms with Gasteiger partial charge in [0.2, 0.25) is 5.91 Å². The van der Waals surface area contributed by atoms with E-state index in [1.165, 1.54) is 0 Å². The highest BCUT2D eigenvalue weighted by Gasteiger charge is 2.49. The van der Waals surface area contributed by atoms with E-state index in [1.54, 1.807) is 38.1 Å². The van der Waals surface area contributed by atoms with Crippen LogP contribution >= 0.6 is 11.6 Å². The molecule has 1 fully saturated rings. The van der Waals surface area contributed by atoms with Crippen LogP contribution in [0.1, 0.15) is 32.3 Å². The number of ether oxygens (including phenoxy) is 1. The van der Waals surface area contributed by atoms with Crippen molar-refractivity contribution in [3.63, 3.8) is 0 Å². The van der Waals surface area contributed by atoms with Crippen LogP contribution < -0.4 is 10.6 Å². The summed E-state index contributed by atoms with van der Waals surface area (Å²) in [5, 5.41) is 5.72. The van der Waals surface area contributed by atoms with Crippen LogP contribution in [-0.4, -0.2) is 48.4 Å². The van der Waals surface area contributed by atoms with Gasteiger partial charge in [0.05, 0.1) is 6.61 Å². The highest BCUT2D eigenvalue weighted by Crippen LogP contribution is 2.29. The predicted octanol–water partition coefficient (Wildman–Crippen LogP) is 1.57. The maximum Gasteiger partial charge on any atom is 0.325 e. The van der Waals surface area contributed by atoms with E-state index in [1.807, 2.05) is 0 Å². The lowest BCUT2D eigenvalue weighted by atomic mass is 9.92. The quantitative estimate of drug-likeness (QED) is 0.395. The summed E-state index contributed by atoms with van der Waals surface area (Å²) < 4.78 is 4.79. The van der Waals surface area contributed by atoms with E-state index in [0.29, 0.717) is 23.6 Å². The van der Waals surface area contributed by atoms with Crippen LogP contribution in [0.4, 0.5) is 4.79 Å². The average Bonchev–Trinajstić information content (AvgIpc) is 2.83. The Hall–Kier alpha value is -2.61. The topological polar surface area (TPSA) is 105 Å². The Bertz CT molecular complexity index is 737. The molecule has 27 heavy (non-hydrogen) atoms. The number of carbonyl (C=O) groups excluding carboxylic acids is 4. The molecular weight excluding hydrogens is 374 g/mol. The number of esters is 1. The van der Waals surface area contributed by atoms with Gasteiger partial charge >= 0.3 is 12.0 Å². The summed E-state index contributed by atoms with van der Waals surface area (Å²) in [4.78, 5) is 49.0. The van der Waals surface area contributed by atoms with Crippen LogP contribution in [0, 0.1) is 0 Å². The molecule has 0 saturated carbocycles. The van der Waals surface area contributed by atoms with Crippen molar-refractivity contribution in [2.24, 2.45) is 0 Å². The number of halogens is 1. The Kier molecular flexibility index (Phi) is 6.79. The van der Waals surface area contributed by atoms with Crippen LogP contribution in [0.25, 0.3) is 0 Å². The van der Waals surface area contributed by atoms with Gasteiger partial charge < -0.3 is 15.4 Å². The SMILES string of the molecule is CCOC(=O)CCCNC(=O)CN1C(=O)N[C@](C)(c2ccc(Cl)cc2)C1=O. The summed E-state index contributed by atoms with van der Waals surface area (Å²) in [5.41, 5.74) is -0.686. The number of hydrogen-bond donors (Lipinski definition) is 2. The van der Waals surface area contributed by atoms with Gasteiger partial charge in [-0.25, -0.2) is 4.79 Å². The van der Waals surface area contributed by atoms with E-state index >= 15 is 0 Å². The Morgan fingerprint density at radius 2 is 1.93 bits per heavy atom. The fourth-order valence-electron chi connectivity index (χ4n) is 2.71. The molecule has 1 saturated heterocycles. The molecule has 1 aliphatic heterocycles. The molecule has 0 bridgehead atoms. The molecule has 0 unspecified atom stereocenters. The lowest BCUT2D eigenvalue weighted by molar-refractivity contribution is -0.143. The first-order valence-corrected chi connectivity index (χ1v) is 8.98. The summed E-state index contributed by atoms with van der Waals surface area (Å²) in [6.07, 6.45) is 0.596. The third kappa shape index (κ3) is 4.97. The van der Waals surface area contributed by atoms with E-state index in [2.05, 4.69) is 10.6 Å². The minimum atomic E-state index is -1.26. The van der Waals surface area contributed by atoms with Gasteiger partial charge in [-0.2, -0.15) is 0 Å². The molecule has 0 aliphatic carbocycles. The molecule has 9 heteroatoms. The number of carbonyl (C=O) groups is 4. The summed E-state index contributed by atoms with van der Waals surface area (Å²) in [6.45, 7) is 3.45. The summed E-state index contributed by atoms with van der Waals surface area (Å²) in [7, 11) is 0. The van der Waals surface area contributed by atoms with Crippen LogP contribution in [0.3, 0.4) is 0 Å². The van der Waals surface area contributed by atoms with Crippen LogP contribution in [-0.2, 0) is 24.7 Å². The first-order chi connectivity index (χ1) is 12.8. The van der Waals surface area contributed by atoms with Gasteiger partial charge in [0.25, 0.3) is 5.91 Å². The smallest absolute Gasteiger partial charge is 0.325 e. The van der Waals surface area contributed by atoms with Gasteiger partial charge in [-0.3, -0.25) is 19.3 Å². The molecule has 1 aliphatic rings. The molecule has 8 nitrogen and oxygen atoms in total. The minimum Gasteiger partial charge on any atom is -0.466 e. The van der Waals surface area contributed by atoms with Crippen molar-refractivity contribution in [1.82, 2.24) is 15.5 Å². The van der Waals surface area contributed by atoms with Crippen molar-refractivity contribution >= 4 is 35.4 Å². The molecule has 4 amide bonds. The average molecular weight is 396 g/mol. The molecule has 1 heterocycles. The van der Waals surface area contributed by atoms with E-state index in [-0.39, 0.29) is 18.9 Å². The second kappa shape index (κ2) is 8.85. The number of rotatable bonds is 8. The van der Waals surface area contributed by atoms with Gasteiger partial charge in [-0.15, -0.1) is 0 Å². The highest BCUT2D eigenvalue weighted by molar-refractivity contribution is 6.30. The summed E-state index contributed by atoms with van der Waals surface area (Å²) >= 11 is 5.86. The zero-order valence-corrected chi connectivity index (χ0v) is 16.0. The molecule has 1 aromatic carbocycles. The Morgan fingerprint density at radius 3 is 2.56 bits per heavy atom. The molecular formula is C18H22ClN3O5. The summed E-state index contributed by atoms with van der Waals surface area (Å²) in [6, 6.07) is 5.92. The first kappa shape index (κ1) is 20.7. The molecule has 2 rings (SSSR count). The lowest BCUT2D eigenvalue weighted by Crippen LogP contribution is -2.43. The second-order valence-electron chi connectivity index (χ2n) is 6.21. The van der Waals surface area contributed by atoms with Crippen molar-refractivity contribution in [1.29, 1.82) is 0 Å². The fraction of sp³-hybridized carbons (Fsp3) is 0.444. The van der Waals surface area contributed by atoms with Crippen LogP contribution in [0.2, 0.25) is 5.02 Å². The molecule has 0 aromatic heterocycles. The zero-order chi connectivity index (χ0) is 20.0. The molecule has 1 atom stereocenters. The van der Waals surface area contributed by atoms with Gasteiger partial charge in [0.15, 0.2) is 0 Å². The van der Waals surface area contributed by atoms with Gasteiger partial charge in [0.1, 0.15) is 12.1 Å². The standard InChI is InChI=1S/C18H22ClN3O5/c1-3-27-15(24)5-4-10-20-14(23)11-22-16(25)18(2,21-17(22)26)12-6-8-13(19)9-7-12/h6-9H,3-5,10-11H2,1-2H3,(H,20,23)(H,21,26)/t18-/m1/s1. The third-order valence-corrected chi connectivity index (χ3v) is 4.44. The largest absolute Gasteiger partial charge is 0.466 e. The fourth-order valence-corrected chi connectivity index (χ4v) is 2.84. The molecule has 146 valence electrons. The molecule has 1 aromatic rings. The van der Waals surface area contributed by atoms with E-state index in [4.69, 9.17) is 16.3 Å². The van der Waals surface area contributed by atoms with Gasteiger partial charge in [-0.05, 0) is 38.0 Å². The van der Waals surface area contributed by atoms with Crippen molar-refractivity contribution < 1.29 is 23.9 Å². The predicted molar refractivity (Wildman–Crippen MR) is 97.9 cm³/mol. The van der Waals surface area contributed by atoms with Crippen molar-refractivity contribution in [2.45, 2.75) is 32.2 Å². The van der Waals surface area contributed by atoms with Gasteiger partial charge in [-0.1, -0.05) is 23.7 Å². The first-order valence-electron chi connectivity index (χ1n) is 8.60. The van der Waals surface area contributed by atoms with E-state index < -0.39 is 29.9 Å². The number of urea groups is 1. The second-order valence-corrected chi connectivity index (χ2v) is 6.65. The van der Waals surface area contributed by atoms with Crippen molar-refractivity contribution in [2.75, 3.05) is 19.7 Å². The number of hydrogen-bond acceptors (Lipinski definition) is 5. The van der Waals surface area contributed by atoms with Crippen molar-refractivity contribution in [3.05, 3.63) is 34.9 Å². The van der Waals surface area contributed by atoms with Gasteiger partial charge in [0, 0.05) is 18.0 Å². The van der Waals surface area contributed by atoms with Crippen LogP contribution in [0.5, 0.6) is 0 Å². The monoisotopic (exact) mass is 395 g/mol. The van der Waals surface area contributed by atoms with Crippen LogP contribution in [0.15, 0.2) is 24.3 Å². The lowest BCUT2D eigenvalue weighted by Gasteiger charge is -2.22. The molecule has 0 spiro atoms. The van der Waals surface area contributed by atoms with E-state index in [0.717, 1.165) is 4.90 Å². The van der Waals surface area contributed by atoms with Crippen molar-refractivity contribution in [3.8, 4) is 0 Å². The normalized spacial score (nSPS) is 19.0. The Morgan fingerprint density at radius 1 is 1.26 bits per heavy atom. The number of imide groups is 1.